The zero-order valence-electron chi connectivity index (χ0n) is 10.3. The van der Waals surface area contributed by atoms with Gasteiger partial charge in [-0.3, -0.25) is 5.43 Å². The lowest BCUT2D eigenvalue weighted by Crippen LogP contribution is -1.93. The van der Waals surface area contributed by atoms with Crippen LogP contribution < -0.4 is 5.43 Å². The Morgan fingerprint density at radius 3 is 3.16 bits per heavy atom. The fourth-order valence-electron chi connectivity index (χ4n) is 1.69. The minimum absolute atomic E-state index is 0.758. The van der Waals surface area contributed by atoms with Crippen molar-refractivity contribution in [1.29, 1.82) is 0 Å². The molecule has 3 aromatic rings. The first kappa shape index (κ1) is 12.3. The molecule has 0 spiro atoms. The van der Waals surface area contributed by atoms with Gasteiger partial charge in [-0.2, -0.15) is 5.10 Å². The second kappa shape index (κ2) is 5.46. The molecular formula is C13H12N4S2. The molecule has 96 valence electrons. The standard InChI is InChI=1S/C13H12N4S2/c1-2-9-6-11-12(14-8-15-13(11)19-9)17-16-7-10-4-3-5-18-10/h3-8H,2H2,1H3,(H,14,15,17). The molecule has 0 aromatic carbocycles. The largest absolute Gasteiger partial charge is 0.261 e. The molecule has 6 heteroatoms. The molecule has 0 saturated heterocycles. The summed E-state index contributed by atoms with van der Waals surface area (Å²) in [6, 6.07) is 6.15. The summed E-state index contributed by atoms with van der Waals surface area (Å²) >= 11 is 3.35. The van der Waals surface area contributed by atoms with Crippen LogP contribution in [0.15, 0.2) is 35.0 Å². The topological polar surface area (TPSA) is 50.2 Å². The van der Waals surface area contributed by atoms with E-state index in [0.717, 1.165) is 27.3 Å². The van der Waals surface area contributed by atoms with Crippen LogP contribution in [0.1, 0.15) is 16.7 Å². The van der Waals surface area contributed by atoms with E-state index in [1.165, 1.54) is 4.88 Å². The van der Waals surface area contributed by atoms with E-state index < -0.39 is 0 Å². The predicted octanol–water partition coefficient (Wildman–Crippen LogP) is 3.76. The molecule has 0 amide bonds. The van der Waals surface area contributed by atoms with Crippen molar-refractivity contribution in [2.24, 2.45) is 5.10 Å². The lowest BCUT2D eigenvalue weighted by molar-refractivity contribution is 1.18. The first-order valence-electron chi connectivity index (χ1n) is 5.93. The molecule has 0 aliphatic carbocycles. The minimum Gasteiger partial charge on any atom is -0.261 e. The van der Waals surface area contributed by atoms with Gasteiger partial charge in [0.2, 0.25) is 0 Å². The van der Waals surface area contributed by atoms with Crippen molar-refractivity contribution in [1.82, 2.24) is 9.97 Å². The third-order valence-electron chi connectivity index (χ3n) is 2.63. The van der Waals surface area contributed by atoms with Crippen LogP contribution in [-0.4, -0.2) is 16.2 Å². The summed E-state index contributed by atoms with van der Waals surface area (Å²) in [6.45, 7) is 2.14. The number of aromatic nitrogens is 2. The van der Waals surface area contributed by atoms with E-state index in [1.807, 2.05) is 17.5 Å². The highest BCUT2D eigenvalue weighted by Crippen LogP contribution is 2.28. The summed E-state index contributed by atoms with van der Waals surface area (Å²) in [7, 11) is 0. The normalized spacial score (nSPS) is 11.4. The number of fused-ring (bicyclic) bond motifs is 1. The smallest absolute Gasteiger partial charge is 0.158 e. The van der Waals surface area contributed by atoms with E-state index in [9.17, 15) is 0 Å². The molecular weight excluding hydrogens is 276 g/mol. The molecule has 3 aromatic heterocycles. The summed E-state index contributed by atoms with van der Waals surface area (Å²) in [5.74, 6) is 0.758. The Hall–Kier alpha value is -1.79. The summed E-state index contributed by atoms with van der Waals surface area (Å²) < 4.78 is 0. The number of thiophene rings is 2. The van der Waals surface area contributed by atoms with Crippen LogP contribution >= 0.6 is 22.7 Å². The maximum atomic E-state index is 4.29. The molecule has 0 bridgehead atoms. The van der Waals surface area contributed by atoms with Crippen LogP contribution in [0.4, 0.5) is 5.82 Å². The van der Waals surface area contributed by atoms with Gasteiger partial charge in [0.25, 0.3) is 0 Å². The number of anilines is 1. The van der Waals surface area contributed by atoms with E-state index in [-0.39, 0.29) is 0 Å². The lowest BCUT2D eigenvalue weighted by Gasteiger charge is -1.99. The third-order valence-corrected chi connectivity index (χ3v) is 4.63. The summed E-state index contributed by atoms with van der Waals surface area (Å²) in [4.78, 5) is 11.9. The molecule has 3 rings (SSSR count). The molecule has 0 unspecified atom stereocenters. The van der Waals surface area contributed by atoms with Crippen molar-refractivity contribution < 1.29 is 0 Å². The second-order valence-corrected chi connectivity index (χ2v) is 5.99. The molecule has 0 aliphatic heterocycles. The monoisotopic (exact) mass is 288 g/mol. The van der Waals surface area contributed by atoms with Gasteiger partial charge in [-0.05, 0) is 23.9 Å². The van der Waals surface area contributed by atoms with Crippen LogP contribution in [0.25, 0.3) is 10.2 Å². The SMILES string of the molecule is CCc1cc2c(NN=Cc3cccs3)ncnc2s1. The summed E-state index contributed by atoms with van der Waals surface area (Å²) in [5, 5.41) is 7.28. The molecule has 19 heavy (non-hydrogen) atoms. The number of nitrogens with one attached hydrogen (secondary N) is 1. The number of nitrogens with zero attached hydrogens (tertiary/aromatic N) is 3. The first-order chi connectivity index (χ1) is 9.36. The third kappa shape index (κ3) is 2.64. The average molecular weight is 288 g/mol. The van der Waals surface area contributed by atoms with Crippen molar-refractivity contribution in [2.45, 2.75) is 13.3 Å². The summed E-state index contributed by atoms with van der Waals surface area (Å²) in [6.07, 6.45) is 4.38. The molecule has 0 fully saturated rings. The minimum atomic E-state index is 0.758. The highest BCUT2D eigenvalue weighted by Gasteiger charge is 2.06. The Balaban J connectivity index is 1.86. The quantitative estimate of drug-likeness (QED) is 0.587. The van der Waals surface area contributed by atoms with Crippen LogP contribution in [0.3, 0.4) is 0 Å². The molecule has 0 radical (unpaired) electrons. The lowest BCUT2D eigenvalue weighted by atomic mass is 10.3. The maximum absolute atomic E-state index is 4.29. The van der Waals surface area contributed by atoms with E-state index in [1.54, 1.807) is 35.2 Å². The highest BCUT2D eigenvalue weighted by molar-refractivity contribution is 7.18. The Labute approximate surface area is 118 Å². The molecule has 1 N–H and O–H groups in total. The van der Waals surface area contributed by atoms with E-state index in [4.69, 9.17) is 0 Å². The molecule has 0 aliphatic rings. The molecule has 0 atom stereocenters. The van der Waals surface area contributed by atoms with Gasteiger partial charge in [0, 0.05) is 9.75 Å². The second-order valence-electron chi connectivity index (χ2n) is 3.89. The van der Waals surface area contributed by atoms with Crippen LogP contribution in [0.2, 0.25) is 0 Å². The number of hydrazone groups is 1. The Kier molecular flexibility index (Phi) is 3.52. The van der Waals surface area contributed by atoms with E-state index in [0.29, 0.717) is 0 Å². The predicted molar refractivity (Wildman–Crippen MR) is 82.3 cm³/mol. The zero-order chi connectivity index (χ0) is 13.1. The van der Waals surface area contributed by atoms with E-state index >= 15 is 0 Å². The van der Waals surface area contributed by atoms with Gasteiger partial charge in [-0.25, -0.2) is 9.97 Å². The van der Waals surface area contributed by atoms with Gasteiger partial charge in [-0.1, -0.05) is 13.0 Å². The van der Waals surface area contributed by atoms with Gasteiger partial charge in [0.1, 0.15) is 11.2 Å². The van der Waals surface area contributed by atoms with Crippen LogP contribution in [0, 0.1) is 0 Å². The van der Waals surface area contributed by atoms with Crippen molar-refractivity contribution in [3.63, 3.8) is 0 Å². The fourth-order valence-corrected chi connectivity index (χ4v) is 3.21. The first-order valence-corrected chi connectivity index (χ1v) is 7.62. The number of rotatable bonds is 4. The van der Waals surface area contributed by atoms with E-state index in [2.05, 4.69) is 33.5 Å². The Bertz CT molecular complexity index is 701. The number of aryl methyl sites for hydroxylation is 1. The molecule has 4 nitrogen and oxygen atoms in total. The molecule has 3 heterocycles. The van der Waals surface area contributed by atoms with Gasteiger partial charge >= 0.3 is 0 Å². The van der Waals surface area contributed by atoms with Gasteiger partial charge in [0.05, 0.1) is 11.6 Å². The van der Waals surface area contributed by atoms with Gasteiger partial charge in [-0.15, -0.1) is 22.7 Å². The zero-order valence-corrected chi connectivity index (χ0v) is 12.0. The van der Waals surface area contributed by atoms with Crippen molar-refractivity contribution in [2.75, 3.05) is 5.43 Å². The van der Waals surface area contributed by atoms with Crippen molar-refractivity contribution in [3.8, 4) is 0 Å². The number of hydrogen-bond acceptors (Lipinski definition) is 6. The van der Waals surface area contributed by atoms with Crippen LogP contribution in [-0.2, 0) is 6.42 Å². The Morgan fingerprint density at radius 2 is 2.37 bits per heavy atom. The number of hydrogen-bond donors (Lipinski definition) is 1. The van der Waals surface area contributed by atoms with Crippen molar-refractivity contribution in [3.05, 3.63) is 39.7 Å². The maximum Gasteiger partial charge on any atom is 0.158 e. The van der Waals surface area contributed by atoms with Gasteiger partial charge in [0.15, 0.2) is 5.82 Å². The molecule has 0 saturated carbocycles. The fraction of sp³-hybridized carbons (Fsp3) is 0.154. The average Bonchev–Trinajstić information content (AvgIpc) is 3.07. The van der Waals surface area contributed by atoms with Crippen LogP contribution in [0.5, 0.6) is 0 Å². The highest BCUT2D eigenvalue weighted by atomic mass is 32.1. The summed E-state index contributed by atoms with van der Waals surface area (Å²) in [5.41, 5.74) is 3.00. The Morgan fingerprint density at radius 1 is 1.42 bits per heavy atom. The van der Waals surface area contributed by atoms with Gasteiger partial charge < -0.3 is 0 Å². The van der Waals surface area contributed by atoms with Crippen molar-refractivity contribution >= 4 is 44.9 Å².